The zero-order valence-corrected chi connectivity index (χ0v) is 22.5. The molecule has 200 valence electrons. The number of carboxylic acids is 1. The Balaban J connectivity index is 1.54. The second-order valence-electron chi connectivity index (χ2n) is 9.33. The molecule has 38 heavy (non-hydrogen) atoms. The van der Waals surface area contributed by atoms with Crippen LogP contribution in [0.5, 0.6) is 0 Å². The van der Waals surface area contributed by atoms with Gasteiger partial charge < -0.3 is 19.7 Å². The van der Waals surface area contributed by atoms with E-state index < -0.39 is 15.8 Å². The van der Waals surface area contributed by atoms with Gasteiger partial charge in [0, 0.05) is 26.0 Å². The Labute approximate surface area is 222 Å². The van der Waals surface area contributed by atoms with Crippen molar-refractivity contribution in [1.29, 1.82) is 0 Å². The van der Waals surface area contributed by atoms with Crippen LogP contribution < -0.4 is 10.2 Å². The lowest BCUT2D eigenvalue weighted by atomic mass is 9.99. The van der Waals surface area contributed by atoms with E-state index in [-0.39, 0.29) is 28.2 Å². The molecular weight excluding hydrogens is 530 g/mol. The van der Waals surface area contributed by atoms with Crippen molar-refractivity contribution >= 4 is 55.2 Å². The molecule has 1 saturated heterocycles. The molecule has 3 N–H and O–H groups in total. The summed E-state index contributed by atoms with van der Waals surface area (Å²) in [5.41, 5.74) is 2.42. The lowest BCUT2D eigenvalue weighted by Crippen LogP contribution is -2.37. The average molecular weight is 558 g/mol. The Morgan fingerprint density at radius 1 is 1.21 bits per heavy atom. The lowest BCUT2D eigenvalue weighted by molar-refractivity contribution is 0.0701. The highest BCUT2D eigenvalue weighted by Crippen LogP contribution is 2.31. The van der Waals surface area contributed by atoms with Crippen LogP contribution >= 0.6 is 11.3 Å². The number of fused-ring (bicyclic) bond motifs is 1. The maximum absolute atomic E-state index is 11.8. The molecule has 1 atom stereocenters. The molecule has 1 aliphatic rings. The van der Waals surface area contributed by atoms with Crippen LogP contribution in [0.25, 0.3) is 11.2 Å². The maximum atomic E-state index is 11.8. The molecule has 1 aromatic carbocycles. The molecule has 0 aliphatic carbocycles. The second-order valence-corrected chi connectivity index (χ2v) is 12.3. The van der Waals surface area contributed by atoms with E-state index in [9.17, 15) is 23.4 Å². The highest BCUT2D eigenvalue weighted by atomic mass is 32.2. The lowest BCUT2D eigenvalue weighted by Gasteiger charge is -2.32. The van der Waals surface area contributed by atoms with Crippen LogP contribution in [0.3, 0.4) is 0 Å². The fourth-order valence-electron chi connectivity index (χ4n) is 4.51. The number of carboxylic acid groups (broad SMARTS) is 1. The van der Waals surface area contributed by atoms with Crippen LogP contribution in [-0.2, 0) is 16.4 Å². The Morgan fingerprint density at radius 2 is 1.97 bits per heavy atom. The number of nitrogens with one attached hydrogen (secondary N) is 1. The van der Waals surface area contributed by atoms with Gasteiger partial charge in [0.05, 0.1) is 23.5 Å². The van der Waals surface area contributed by atoms with Crippen molar-refractivity contribution in [2.24, 2.45) is 5.92 Å². The molecule has 3 aromatic heterocycles. The van der Waals surface area contributed by atoms with E-state index >= 15 is 0 Å². The van der Waals surface area contributed by atoms with Crippen molar-refractivity contribution in [2.45, 2.75) is 31.2 Å². The number of thiazole rings is 1. The Hall–Kier alpha value is -3.62. The van der Waals surface area contributed by atoms with Crippen LogP contribution in [0, 0.1) is 12.8 Å². The number of piperidine rings is 1. The molecule has 5 rings (SSSR count). The van der Waals surface area contributed by atoms with Crippen LogP contribution in [0.1, 0.15) is 33.8 Å². The Bertz CT molecular complexity index is 1600. The first kappa shape index (κ1) is 26.0. The van der Waals surface area contributed by atoms with Gasteiger partial charge in [0.15, 0.2) is 32.0 Å². The van der Waals surface area contributed by atoms with Crippen molar-refractivity contribution in [2.75, 3.05) is 36.2 Å². The first-order valence-corrected chi connectivity index (χ1v) is 14.7. The number of sulfone groups is 1. The topological polar surface area (TPSA) is 163 Å². The molecule has 4 aromatic rings. The van der Waals surface area contributed by atoms with Gasteiger partial charge >= 0.3 is 5.97 Å². The zero-order valence-electron chi connectivity index (χ0n) is 20.8. The summed E-state index contributed by atoms with van der Waals surface area (Å²) in [4.78, 5) is 32.3. The van der Waals surface area contributed by atoms with Crippen molar-refractivity contribution in [3.8, 4) is 0 Å². The molecule has 0 saturated carbocycles. The molecular formula is C24H27N7O5S2. The molecule has 1 fully saturated rings. The number of aromatic nitrogens is 5. The van der Waals surface area contributed by atoms with Crippen LogP contribution in [0.4, 0.5) is 16.9 Å². The quantitative estimate of drug-likeness (QED) is 0.292. The molecule has 0 amide bonds. The fraction of sp³-hybridized carbons (Fsp3) is 0.375. The van der Waals surface area contributed by atoms with Crippen LogP contribution in [0.2, 0.25) is 0 Å². The number of aryl methyl sites for hydroxylation is 1. The van der Waals surface area contributed by atoms with E-state index in [1.165, 1.54) is 6.26 Å². The second kappa shape index (κ2) is 10.3. The standard InChI is InChI=1S/C24H27N7O5S2/c1-14-19(22(33)34)37-24(26-14)29-23-27-20(30-9-3-4-16(11-30)12-32)18-21(28-23)31(13-25-18)10-15-5-7-17(8-6-15)38(2,35)36/h5-8,13,16,32H,3-4,9-12H2,1-2H3,(H,33,34)(H,26,27,28,29). The highest BCUT2D eigenvalue weighted by molar-refractivity contribution is 7.90. The molecule has 0 bridgehead atoms. The number of rotatable bonds is 8. The molecule has 14 heteroatoms. The minimum Gasteiger partial charge on any atom is -0.477 e. The molecule has 1 unspecified atom stereocenters. The van der Waals surface area contributed by atoms with E-state index in [1.807, 2.05) is 4.57 Å². The number of imidazole rings is 1. The predicted molar refractivity (Wildman–Crippen MR) is 143 cm³/mol. The third kappa shape index (κ3) is 5.33. The largest absolute Gasteiger partial charge is 0.477 e. The summed E-state index contributed by atoms with van der Waals surface area (Å²) in [6, 6.07) is 6.66. The van der Waals surface area contributed by atoms with E-state index in [0.717, 1.165) is 36.3 Å². The highest BCUT2D eigenvalue weighted by Gasteiger charge is 2.25. The van der Waals surface area contributed by atoms with E-state index in [1.54, 1.807) is 37.5 Å². The molecule has 4 heterocycles. The third-order valence-corrected chi connectivity index (χ3v) is 8.63. The van der Waals surface area contributed by atoms with Gasteiger partial charge in [-0.2, -0.15) is 9.97 Å². The monoisotopic (exact) mass is 557 g/mol. The van der Waals surface area contributed by atoms with Crippen molar-refractivity contribution in [3.05, 3.63) is 46.7 Å². The van der Waals surface area contributed by atoms with Crippen LogP contribution in [-0.4, -0.2) is 75.1 Å². The van der Waals surface area contributed by atoms with Crippen LogP contribution in [0.15, 0.2) is 35.5 Å². The summed E-state index contributed by atoms with van der Waals surface area (Å²) in [5, 5.41) is 22.6. The van der Waals surface area contributed by atoms with Gasteiger partial charge in [0.2, 0.25) is 5.95 Å². The fourth-order valence-corrected chi connectivity index (χ4v) is 5.94. The number of aromatic carboxylic acids is 1. The molecule has 12 nitrogen and oxygen atoms in total. The number of aliphatic hydroxyl groups is 1. The van der Waals surface area contributed by atoms with Crippen molar-refractivity contribution in [3.63, 3.8) is 0 Å². The SMILES string of the molecule is Cc1nc(Nc2nc(N3CCCC(CO)C3)c3ncn(Cc4ccc(S(C)(=O)=O)cc4)c3n2)sc1C(=O)O. The third-order valence-electron chi connectivity index (χ3n) is 6.44. The van der Waals surface area contributed by atoms with Gasteiger partial charge in [-0.1, -0.05) is 23.5 Å². The van der Waals surface area contributed by atoms with E-state index in [2.05, 4.69) is 25.2 Å². The number of aliphatic hydroxyl groups excluding tert-OH is 1. The number of hydrogen-bond acceptors (Lipinski definition) is 11. The van der Waals surface area contributed by atoms with Gasteiger partial charge in [0.25, 0.3) is 0 Å². The number of benzene rings is 1. The maximum Gasteiger partial charge on any atom is 0.347 e. The summed E-state index contributed by atoms with van der Waals surface area (Å²) in [6.07, 6.45) is 4.67. The predicted octanol–water partition coefficient (Wildman–Crippen LogP) is 2.69. The van der Waals surface area contributed by atoms with Gasteiger partial charge in [0.1, 0.15) is 4.88 Å². The normalized spacial score (nSPS) is 16.2. The van der Waals surface area contributed by atoms with Crippen molar-refractivity contribution in [1.82, 2.24) is 24.5 Å². The van der Waals surface area contributed by atoms with Gasteiger partial charge in [-0.3, -0.25) is 5.32 Å². The first-order chi connectivity index (χ1) is 18.1. The van der Waals surface area contributed by atoms with Gasteiger partial charge in [-0.15, -0.1) is 0 Å². The smallest absolute Gasteiger partial charge is 0.347 e. The average Bonchev–Trinajstić information content (AvgIpc) is 3.46. The summed E-state index contributed by atoms with van der Waals surface area (Å²) >= 11 is 1.01. The number of hydrogen-bond donors (Lipinski definition) is 3. The van der Waals surface area contributed by atoms with E-state index in [4.69, 9.17) is 4.98 Å². The van der Waals surface area contributed by atoms with Gasteiger partial charge in [-0.25, -0.2) is 23.2 Å². The minimum atomic E-state index is -3.30. The first-order valence-electron chi connectivity index (χ1n) is 12.0. The summed E-state index contributed by atoms with van der Waals surface area (Å²) in [7, 11) is -3.30. The van der Waals surface area contributed by atoms with E-state index in [0.29, 0.717) is 40.9 Å². The molecule has 0 radical (unpaired) electrons. The summed E-state index contributed by atoms with van der Waals surface area (Å²) in [5.74, 6) is -0.0548. The van der Waals surface area contributed by atoms with Crippen molar-refractivity contribution < 1.29 is 23.4 Å². The molecule has 1 aliphatic heterocycles. The zero-order chi connectivity index (χ0) is 27.0. The number of anilines is 3. The number of carbonyl (C=O) groups is 1. The summed E-state index contributed by atoms with van der Waals surface area (Å²) < 4.78 is 25.5. The Morgan fingerprint density at radius 3 is 2.63 bits per heavy atom. The minimum absolute atomic E-state index is 0.0874. The number of nitrogens with zero attached hydrogens (tertiary/aromatic N) is 6. The molecule has 0 spiro atoms. The summed E-state index contributed by atoms with van der Waals surface area (Å²) in [6.45, 7) is 3.50. The van der Waals surface area contributed by atoms with Gasteiger partial charge in [-0.05, 0) is 43.4 Å². The Kier molecular flexibility index (Phi) is 7.03.